The summed E-state index contributed by atoms with van der Waals surface area (Å²) < 4.78 is 26.8. The topological polar surface area (TPSA) is 37.4 Å². The second kappa shape index (κ2) is 14.6. The van der Waals surface area contributed by atoms with Crippen molar-refractivity contribution in [2.24, 2.45) is 0 Å². The summed E-state index contributed by atoms with van der Waals surface area (Å²) in [6.45, 7) is 10.1. The molecule has 28 heavy (non-hydrogen) atoms. The van der Waals surface area contributed by atoms with Crippen LogP contribution in [0.2, 0.25) is 0 Å². The lowest BCUT2D eigenvalue weighted by molar-refractivity contribution is 0.474. The molecule has 0 heterocycles. The second-order valence-electron chi connectivity index (χ2n) is 7.48. The highest BCUT2D eigenvalue weighted by Gasteiger charge is 2.22. The summed E-state index contributed by atoms with van der Waals surface area (Å²) >= 11 is 0. The van der Waals surface area contributed by atoms with Crippen LogP contribution in [-0.2, 0) is 16.4 Å². The van der Waals surface area contributed by atoms with Crippen molar-refractivity contribution in [3.63, 3.8) is 0 Å². The summed E-state index contributed by atoms with van der Waals surface area (Å²) in [7, 11) is -3.50. The summed E-state index contributed by atoms with van der Waals surface area (Å²) in [6, 6.07) is 7.33. The maximum atomic E-state index is 12.7. The smallest absolute Gasteiger partial charge is 0.207 e. The highest BCUT2D eigenvalue weighted by atomic mass is 32.2. The van der Waals surface area contributed by atoms with E-state index >= 15 is 0 Å². The Hall–Kier alpha value is -1.39. The summed E-state index contributed by atoms with van der Waals surface area (Å²) in [6.07, 6.45) is 17.5. The number of aryl methyl sites for hydroxylation is 1. The molecular formula is C24H39NO2S. The van der Waals surface area contributed by atoms with Crippen LogP contribution < -0.4 is 0 Å². The van der Waals surface area contributed by atoms with Crippen molar-refractivity contribution < 1.29 is 8.42 Å². The van der Waals surface area contributed by atoms with Crippen LogP contribution >= 0.6 is 0 Å². The maximum absolute atomic E-state index is 12.7. The Bertz CT molecular complexity index is 640. The molecule has 158 valence electrons. The van der Waals surface area contributed by atoms with Crippen LogP contribution in [0.3, 0.4) is 0 Å². The van der Waals surface area contributed by atoms with Crippen LogP contribution in [0.1, 0.15) is 76.7 Å². The highest BCUT2D eigenvalue weighted by Crippen LogP contribution is 2.18. The van der Waals surface area contributed by atoms with E-state index < -0.39 is 10.0 Å². The van der Waals surface area contributed by atoms with E-state index in [1.165, 1.54) is 74.1 Å². The van der Waals surface area contributed by atoms with Crippen LogP contribution in [0.4, 0.5) is 0 Å². The molecular weight excluding hydrogens is 366 g/mol. The zero-order valence-corrected chi connectivity index (χ0v) is 18.6. The highest BCUT2D eigenvalue weighted by molar-refractivity contribution is 7.89. The molecule has 1 aromatic rings. The molecule has 0 atom stereocenters. The normalized spacial score (nSPS) is 11.6. The Balaban J connectivity index is 2.34. The van der Waals surface area contributed by atoms with Crippen LogP contribution in [0.25, 0.3) is 0 Å². The Labute approximate surface area is 173 Å². The van der Waals surface area contributed by atoms with Crippen molar-refractivity contribution in [2.45, 2.75) is 82.4 Å². The number of hydrogen-bond acceptors (Lipinski definition) is 2. The standard InChI is InChI=1S/C24H39NO2S/c1-4-7-8-9-10-11-12-13-14-15-16-23-17-19-24(20-18-23)28(26,27)25(21-5-2)22-6-3/h5-6,17-20H,2-4,7-16,21-22H2,1H3. The predicted octanol–water partition coefficient (Wildman–Crippen LogP) is 6.51. The monoisotopic (exact) mass is 405 g/mol. The molecule has 0 bridgehead atoms. The maximum Gasteiger partial charge on any atom is 0.243 e. The second-order valence-corrected chi connectivity index (χ2v) is 9.41. The molecule has 1 rings (SSSR count). The summed E-state index contributed by atoms with van der Waals surface area (Å²) in [5.41, 5.74) is 1.21. The largest absolute Gasteiger partial charge is 0.243 e. The van der Waals surface area contributed by atoms with Crippen molar-refractivity contribution in [2.75, 3.05) is 13.1 Å². The molecule has 0 saturated carbocycles. The molecule has 0 aliphatic heterocycles. The lowest BCUT2D eigenvalue weighted by atomic mass is 10.0. The van der Waals surface area contributed by atoms with Crippen LogP contribution in [0, 0.1) is 0 Å². The molecule has 0 amide bonds. The van der Waals surface area contributed by atoms with Crippen molar-refractivity contribution in [1.29, 1.82) is 0 Å². The van der Waals surface area contributed by atoms with Gasteiger partial charge in [0.25, 0.3) is 0 Å². The van der Waals surface area contributed by atoms with E-state index in [1.54, 1.807) is 24.3 Å². The van der Waals surface area contributed by atoms with Gasteiger partial charge in [0, 0.05) is 13.1 Å². The van der Waals surface area contributed by atoms with Gasteiger partial charge in [-0.2, -0.15) is 4.31 Å². The summed E-state index contributed by atoms with van der Waals surface area (Å²) in [5, 5.41) is 0. The minimum atomic E-state index is -3.50. The minimum absolute atomic E-state index is 0.286. The van der Waals surface area contributed by atoms with Crippen molar-refractivity contribution in [1.82, 2.24) is 4.31 Å². The van der Waals surface area contributed by atoms with Gasteiger partial charge in [-0.25, -0.2) is 8.42 Å². The van der Waals surface area contributed by atoms with Gasteiger partial charge in [0.1, 0.15) is 0 Å². The average molecular weight is 406 g/mol. The van der Waals surface area contributed by atoms with Gasteiger partial charge in [-0.15, -0.1) is 13.2 Å². The quantitative estimate of drug-likeness (QED) is 0.219. The third-order valence-electron chi connectivity index (χ3n) is 5.05. The van der Waals surface area contributed by atoms with E-state index in [4.69, 9.17) is 0 Å². The first kappa shape index (κ1) is 24.6. The fourth-order valence-corrected chi connectivity index (χ4v) is 4.73. The Morgan fingerprint density at radius 3 is 1.71 bits per heavy atom. The lowest BCUT2D eigenvalue weighted by Crippen LogP contribution is -2.31. The molecule has 0 saturated heterocycles. The van der Waals surface area contributed by atoms with E-state index in [1.807, 2.05) is 12.1 Å². The predicted molar refractivity (Wildman–Crippen MR) is 121 cm³/mol. The molecule has 4 heteroatoms. The van der Waals surface area contributed by atoms with Crippen molar-refractivity contribution in [3.05, 3.63) is 55.1 Å². The molecule has 0 radical (unpaired) electrons. The lowest BCUT2D eigenvalue weighted by Gasteiger charge is -2.19. The zero-order chi connectivity index (χ0) is 20.7. The fourth-order valence-electron chi connectivity index (χ4n) is 3.35. The average Bonchev–Trinajstić information content (AvgIpc) is 2.69. The summed E-state index contributed by atoms with van der Waals surface area (Å²) in [5.74, 6) is 0. The van der Waals surface area contributed by atoms with Gasteiger partial charge in [-0.3, -0.25) is 0 Å². The Morgan fingerprint density at radius 1 is 0.786 bits per heavy atom. The molecule has 0 aromatic heterocycles. The first-order valence-corrected chi connectivity index (χ1v) is 12.3. The number of benzene rings is 1. The molecule has 3 nitrogen and oxygen atoms in total. The number of nitrogens with zero attached hydrogens (tertiary/aromatic N) is 1. The molecule has 0 N–H and O–H groups in total. The third-order valence-corrected chi connectivity index (χ3v) is 6.89. The van der Waals surface area contributed by atoms with Crippen molar-refractivity contribution in [3.8, 4) is 0 Å². The number of hydrogen-bond donors (Lipinski definition) is 0. The van der Waals surface area contributed by atoms with E-state index in [0.717, 1.165) is 6.42 Å². The van der Waals surface area contributed by atoms with Crippen LogP contribution in [-0.4, -0.2) is 25.8 Å². The molecule has 1 aromatic carbocycles. The van der Waals surface area contributed by atoms with E-state index in [9.17, 15) is 8.42 Å². The Morgan fingerprint density at radius 2 is 1.25 bits per heavy atom. The van der Waals surface area contributed by atoms with Gasteiger partial charge >= 0.3 is 0 Å². The van der Waals surface area contributed by atoms with Gasteiger partial charge < -0.3 is 0 Å². The summed E-state index contributed by atoms with van der Waals surface area (Å²) in [4.78, 5) is 0.336. The third kappa shape index (κ3) is 9.20. The fraction of sp³-hybridized carbons (Fsp3) is 0.583. The first-order valence-electron chi connectivity index (χ1n) is 10.9. The zero-order valence-electron chi connectivity index (χ0n) is 17.7. The van der Waals surface area contributed by atoms with Gasteiger partial charge in [-0.05, 0) is 30.5 Å². The van der Waals surface area contributed by atoms with E-state index in [2.05, 4.69) is 20.1 Å². The minimum Gasteiger partial charge on any atom is -0.207 e. The van der Waals surface area contributed by atoms with E-state index in [-0.39, 0.29) is 13.1 Å². The number of rotatable bonds is 17. The molecule has 0 fully saturated rings. The molecule has 0 spiro atoms. The van der Waals surface area contributed by atoms with Gasteiger partial charge in [-0.1, -0.05) is 89.0 Å². The van der Waals surface area contributed by atoms with Gasteiger partial charge in [0.15, 0.2) is 0 Å². The number of unbranched alkanes of at least 4 members (excludes halogenated alkanes) is 9. The molecule has 0 aliphatic rings. The Kier molecular flexibility index (Phi) is 12.8. The molecule has 0 unspecified atom stereocenters. The van der Waals surface area contributed by atoms with Gasteiger partial charge in [0.05, 0.1) is 4.90 Å². The number of sulfonamides is 1. The van der Waals surface area contributed by atoms with E-state index in [0.29, 0.717) is 4.90 Å². The van der Waals surface area contributed by atoms with Crippen LogP contribution in [0.5, 0.6) is 0 Å². The first-order chi connectivity index (χ1) is 13.6. The SMILES string of the molecule is C=CCN(CC=C)S(=O)(=O)c1ccc(CCCCCCCCCCCC)cc1. The van der Waals surface area contributed by atoms with Gasteiger partial charge in [0.2, 0.25) is 10.0 Å². The van der Waals surface area contributed by atoms with Crippen LogP contribution in [0.15, 0.2) is 54.5 Å². The van der Waals surface area contributed by atoms with Crippen molar-refractivity contribution >= 4 is 10.0 Å². The molecule has 0 aliphatic carbocycles.